The van der Waals surface area contributed by atoms with E-state index < -0.39 is 0 Å². The van der Waals surface area contributed by atoms with Crippen molar-refractivity contribution in [2.24, 2.45) is 0 Å². The number of anilines is 1. The molecule has 0 aliphatic rings. The molecule has 0 aliphatic heterocycles. The number of hydrogen-bond donors (Lipinski definition) is 1. The van der Waals surface area contributed by atoms with Crippen molar-refractivity contribution in [2.45, 2.75) is 13.5 Å². The van der Waals surface area contributed by atoms with Gasteiger partial charge in [-0.3, -0.25) is 4.40 Å². The molecule has 0 amide bonds. The molecule has 0 aliphatic carbocycles. The SMILES string of the molecule is COc1cccc(F)c1CNc1ccc(-c2ccc(C#N)nc2C)c2nncn12. The highest BCUT2D eigenvalue weighted by Gasteiger charge is 2.14. The highest BCUT2D eigenvalue weighted by molar-refractivity contribution is 5.80. The summed E-state index contributed by atoms with van der Waals surface area (Å²) in [6.45, 7) is 2.08. The van der Waals surface area contributed by atoms with E-state index in [1.54, 1.807) is 28.9 Å². The molecule has 4 rings (SSSR count). The number of fused-ring (bicyclic) bond motifs is 1. The number of ether oxygens (including phenoxy) is 1. The second kappa shape index (κ2) is 7.56. The molecular formula is C21H17FN6O. The van der Waals surface area contributed by atoms with Crippen LogP contribution < -0.4 is 10.1 Å². The predicted octanol–water partition coefficient (Wildman–Crippen LogP) is 3.73. The summed E-state index contributed by atoms with van der Waals surface area (Å²) in [6.07, 6.45) is 1.59. The maximum atomic E-state index is 14.2. The minimum atomic E-state index is -0.340. The van der Waals surface area contributed by atoms with Crippen LogP contribution in [0.5, 0.6) is 5.75 Å². The molecule has 1 aromatic carbocycles. The minimum absolute atomic E-state index is 0.236. The third-order valence-electron chi connectivity index (χ3n) is 4.69. The van der Waals surface area contributed by atoms with E-state index >= 15 is 0 Å². The summed E-state index contributed by atoms with van der Waals surface area (Å²) in [7, 11) is 1.51. The van der Waals surface area contributed by atoms with Crippen LogP contribution in [0, 0.1) is 24.1 Å². The summed E-state index contributed by atoms with van der Waals surface area (Å²) < 4.78 is 21.3. The molecule has 8 heteroatoms. The molecule has 0 saturated heterocycles. The summed E-state index contributed by atoms with van der Waals surface area (Å²) in [5.74, 6) is 0.847. The lowest BCUT2D eigenvalue weighted by Crippen LogP contribution is -2.07. The van der Waals surface area contributed by atoms with Crippen LogP contribution in [0.1, 0.15) is 17.0 Å². The third kappa shape index (κ3) is 3.34. The standard InChI is InChI=1S/C21H17FN6O/c1-13-15(7-6-14(10-23)26-13)16-8-9-20(28-12-25-27-21(16)28)24-11-17-18(22)4-3-5-19(17)29-2/h3-9,12,24H,11H2,1-2H3. The first kappa shape index (κ1) is 18.4. The van der Waals surface area contributed by atoms with Crippen molar-refractivity contribution < 1.29 is 9.13 Å². The van der Waals surface area contributed by atoms with Gasteiger partial charge >= 0.3 is 0 Å². The van der Waals surface area contributed by atoms with Gasteiger partial charge in [-0.25, -0.2) is 9.37 Å². The van der Waals surface area contributed by atoms with E-state index in [0.29, 0.717) is 28.5 Å². The monoisotopic (exact) mass is 388 g/mol. The second-order valence-corrected chi connectivity index (χ2v) is 6.37. The molecule has 0 atom stereocenters. The van der Waals surface area contributed by atoms with Crippen molar-refractivity contribution in [3.63, 3.8) is 0 Å². The molecule has 0 saturated carbocycles. The van der Waals surface area contributed by atoms with Gasteiger partial charge < -0.3 is 10.1 Å². The molecular weight excluding hydrogens is 371 g/mol. The molecule has 1 N–H and O–H groups in total. The van der Waals surface area contributed by atoms with Crippen LogP contribution in [0.25, 0.3) is 16.8 Å². The largest absolute Gasteiger partial charge is 0.496 e. The van der Waals surface area contributed by atoms with E-state index in [9.17, 15) is 4.39 Å². The van der Waals surface area contributed by atoms with E-state index in [-0.39, 0.29) is 12.4 Å². The Morgan fingerprint density at radius 3 is 2.76 bits per heavy atom. The van der Waals surface area contributed by atoms with Crippen LogP contribution in [-0.4, -0.2) is 26.7 Å². The molecule has 3 aromatic heterocycles. The van der Waals surface area contributed by atoms with Crippen molar-refractivity contribution in [3.05, 3.63) is 71.6 Å². The number of aryl methyl sites for hydroxylation is 1. The topological polar surface area (TPSA) is 88.1 Å². The van der Waals surface area contributed by atoms with E-state index in [2.05, 4.69) is 20.5 Å². The zero-order valence-electron chi connectivity index (χ0n) is 15.8. The van der Waals surface area contributed by atoms with Crippen LogP contribution in [0.15, 0.2) is 48.8 Å². The fraction of sp³-hybridized carbons (Fsp3) is 0.143. The number of halogens is 1. The number of methoxy groups -OCH3 is 1. The molecule has 3 heterocycles. The number of nitrogens with one attached hydrogen (secondary N) is 1. The Balaban J connectivity index is 1.70. The Morgan fingerprint density at radius 2 is 2.00 bits per heavy atom. The first-order valence-corrected chi connectivity index (χ1v) is 8.88. The molecule has 29 heavy (non-hydrogen) atoms. The highest BCUT2D eigenvalue weighted by Crippen LogP contribution is 2.29. The van der Waals surface area contributed by atoms with Gasteiger partial charge in [-0.15, -0.1) is 10.2 Å². The third-order valence-corrected chi connectivity index (χ3v) is 4.69. The second-order valence-electron chi connectivity index (χ2n) is 6.37. The average Bonchev–Trinajstić information content (AvgIpc) is 3.23. The lowest BCUT2D eigenvalue weighted by molar-refractivity contribution is 0.405. The van der Waals surface area contributed by atoms with Crippen LogP contribution in [0.2, 0.25) is 0 Å². The maximum Gasteiger partial charge on any atom is 0.170 e. The molecule has 0 bridgehead atoms. The predicted molar refractivity (Wildman–Crippen MR) is 106 cm³/mol. The summed E-state index contributed by atoms with van der Waals surface area (Å²) in [6, 6.07) is 14.1. The Hall–Kier alpha value is -3.99. The average molecular weight is 388 g/mol. The zero-order chi connectivity index (χ0) is 20.4. The maximum absolute atomic E-state index is 14.2. The van der Waals surface area contributed by atoms with Crippen LogP contribution in [0.3, 0.4) is 0 Å². The van der Waals surface area contributed by atoms with Crippen molar-refractivity contribution in [1.29, 1.82) is 5.26 Å². The molecule has 7 nitrogen and oxygen atoms in total. The fourth-order valence-corrected chi connectivity index (χ4v) is 3.25. The minimum Gasteiger partial charge on any atom is -0.496 e. The van der Waals surface area contributed by atoms with Crippen molar-refractivity contribution in [3.8, 4) is 22.9 Å². The summed E-state index contributed by atoms with van der Waals surface area (Å²) in [4.78, 5) is 4.30. The summed E-state index contributed by atoms with van der Waals surface area (Å²) in [5, 5.41) is 20.5. The van der Waals surface area contributed by atoms with E-state index in [1.165, 1.54) is 13.2 Å². The number of hydrogen-bond acceptors (Lipinski definition) is 6. The van der Waals surface area contributed by atoms with E-state index in [1.807, 2.05) is 31.2 Å². The Labute approximate surface area is 166 Å². The quantitative estimate of drug-likeness (QED) is 0.560. The van der Waals surface area contributed by atoms with Crippen LogP contribution in [-0.2, 0) is 6.54 Å². The van der Waals surface area contributed by atoms with Gasteiger partial charge in [-0.05, 0) is 43.3 Å². The molecule has 0 fully saturated rings. The van der Waals surface area contributed by atoms with Gasteiger partial charge in [-0.2, -0.15) is 5.26 Å². The van der Waals surface area contributed by atoms with Gasteiger partial charge in [-0.1, -0.05) is 6.07 Å². The van der Waals surface area contributed by atoms with Crippen molar-refractivity contribution in [2.75, 3.05) is 12.4 Å². The van der Waals surface area contributed by atoms with Crippen molar-refractivity contribution >= 4 is 11.5 Å². The lowest BCUT2D eigenvalue weighted by Gasteiger charge is -2.14. The summed E-state index contributed by atoms with van der Waals surface area (Å²) >= 11 is 0. The van der Waals surface area contributed by atoms with Gasteiger partial charge in [0.05, 0.1) is 7.11 Å². The van der Waals surface area contributed by atoms with E-state index in [0.717, 1.165) is 16.8 Å². The molecule has 0 unspecified atom stereocenters. The lowest BCUT2D eigenvalue weighted by atomic mass is 10.1. The first-order valence-electron chi connectivity index (χ1n) is 8.88. The number of pyridine rings is 2. The Bertz CT molecular complexity index is 1240. The fourth-order valence-electron chi connectivity index (χ4n) is 3.25. The van der Waals surface area contributed by atoms with E-state index in [4.69, 9.17) is 10.00 Å². The Kier molecular flexibility index (Phi) is 4.79. The van der Waals surface area contributed by atoms with Crippen LogP contribution in [0.4, 0.5) is 10.2 Å². The molecule has 4 aromatic rings. The first-order chi connectivity index (χ1) is 14.1. The summed E-state index contributed by atoms with van der Waals surface area (Å²) in [5.41, 5.74) is 3.86. The van der Waals surface area contributed by atoms with Crippen LogP contribution >= 0.6 is 0 Å². The normalized spacial score (nSPS) is 10.7. The number of benzene rings is 1. The smallest absolute Gasteiger partial charge is 0.170 e. The number of aromatic nitrogens is 4. The number of nitrogens with zero attached hydrogens (tertiary/aromatic N) is 5. The van der Waals surface area contributed by atoms with Gasteiger partial charge in [0.25, 0.3) is 0 Å². The zero-order valence-corrected chi connectivity index (χ0v) is 15.8. The molecule has 144 valence electrons. The number of rotatable bonds is 5. The van der Waals surface area contributed by atoms with Crippen molar-refractivity contribution in [1.82, 2.24) is 19.6 Å². The highest BCUT2D eigenvalue weighted by atomic mass is 19.1. The van der Waals surface area contributed by atoms with Gasteiger partial charge in [0.15, 0.2) is 5.65 Å². The number of nitriles is 1. The Morgan fingerprint density at radius 1 is 1.17 bits per heavy atom. The molecule has 0 radical (unpaired) electrons. The van der Waals surface area contributed by atoms with Gasteiger partial charge in [0.2, 0.25) is 0 Å². The van der Waals surface area contributed by atoms with Gasteiger partial charge in [0, 0.05) is 28.9 Å². The molecule has 0 spiro atoms. The van der Waals surface area contributed by atoms with Gasteiger partial charge in [0.1, 0.15) is 35.5 Å².